The highest BCUT2D eigenvalue weighted by Gasteiger charge is 2.30. The molecule has 1 aromatic rings. The standard InChI is InChI=1S/C16H21ClN2O3/c17-12-5-7-13(8-6-12)18-16(22)14(11-15(20)21)19-9-3-1-2-4-10-19/h5-8,14H,1-4,9-11H2,(H,18,22)(H,20,21)/t14-/m1/s1. The van der Waals surface area contributed by atoms with E-state index in [-0.39, 0.29) is 12.3 Å². The average molecular weight is 325 g/mol. The number of nitrogens with one attached hydrogen (secondary N) is 2. The van der Waals surface area contributed by atoms with Crippen LogP contribution in [0.1, 0.15) is 32.1 Å². The number of hydrogen-bond donors (Lipinski definition) is 2. The maximum atomic E-state index is 12.5. The third kappa shape index (κ3) is 5.00. The van der Waals surface area contributed by atoms with E-state index >= 15 is 0 Å². The number of carboxylic acids is 1. The van der Waals surface area contributed by atoms with Crippen molar-refractivity contribution < 1.29 is 19.6 Å². The van der Waals surface area contributed by atoms with Crippen molar-refractivity contribution in [3.8, 4) is 0 Å². The van der Waals surface area contributed by atoms with Gasteiger partial charge in [0.1, 0.15) is 0 Å². The Morgan fingerprint density at radius 3 is 2.27 bits per heavy atom. The predicted molar refractivity (Wildman–Crippen MR) is 82.7 cm³/mol. The van der Waals surface area contributed by atoms with Crippen LogP contribution in [0.3, 0.4) is 0 Å². The van der Waals surface area contributed by atoms with Gasteiger partial charge in [-0.3, -0.25) is 4.79 Å². The van der Waals surface area contributed by atoms with E-state index in [0.717, 1.165) is 43.7 Å². The number of carbonyl (C=O) groups excluding carboxylic acids is 2. The molecule has 0 unspecified atom stereocenters. The van der Waals surface area contributed by atoms with Gasteiger partial charge in [0.05, 0.1) is 13.1 Å². The molecule has 1 amide bonds. The van der Waals surface area contributed by atoms with Gasteiger partial charge in [0.2, 0.25) is 0 Å². The summed E-state index contributed by atoms with van der Waals surface area (Å²) in [6.07, 6.45) is 4.07. The zero-order valence-corrected chi connectivity index (χ0v) is 13.2. The smallest absolute Gasteiger partial charge is 0.283 e. The Labute approximate surface area is 135 Å². The second-order valence-electron chi connectivity index (χ2n) is 5.70. The molecule has 1 aliphatic heterocycles. The summed E-state index contributed by atoms with van der Waals surface area (Å²) >= 11 is 5.82. The molecule has 0 saturated carbocycles. The summed E-state index contributed by atoms with van der Waals surface area (Å²) in [5, 5.41) is 14.4. The summed E-state index contributed by atoms with van der Waals surface area (Å²) in [5.74, 6) is -1.46. The SMILES string of the molecule is O=C([O-])C[C@H](C(=O)Nc1ccc(Cl)cc1)[NH+]1CCCCCC1. The summed E-state index contributed by atoms with van der Waals surface area (Å²) in [7, 11) is 0. The zero-order chi connectivity index (χ0) is 15.9. The van der Waals surface area contributed by atoms with Gasteiger partial charge >= 0.3 is 0 Å². The van der Waals surface area contributed by atoms with E-state index in [9.17, 15) is 14.7 Å². The second-order valence-corrected chi connectivity index (χ2v) is 6.13. The molecule has 0 aromatic heterocycles. The van der Waals surface area contributed by atoms with Crippen LogP contribution in [0.2, 0.25) is 5.02 Å². The number of rotatable bonds is 5. The number of quaternary nitrogens is 1. The van der Waals surface area contributed by atoms with Crippen molar-refractivity contribution >= 4 is 29.2 Å². The number of carbonyl (C=O) groups is 2. The maximum Gasteiger partial charge on any atom is 0.283 e. The van der Waals surface area contributed by atoms with Crippen LogP contribution in [0.5, 0.6) is 0 Å². The van der Waals surface area contributed by atoms with Crippen molar-refractivity contribution in [1.82, 2.24) is 0 Å². The number of benzene rings is 1. The van der Waals surface area contributed by atoms with Gasteiger partial charge in [-0.15, -0.1) is 0 Å². The van der Waals surface area contributed by atoms with Crippen molar-refractivity contribution in [2.45, 2.75) is 38.1 Å². The van der Waals surface area contributed by atoms with Crippen LogP contribution >= 0.6 is 11.6 Å². The first-order chi connectivity index (χ1) is 10.6. The van der Waals surface area contributed by atoms with E-state index < -0.39 is 12.0 Å². The summed E-state index contributed by atoms with van der Waals surface area (Å²) in [5.41, 5.74) is 0.618. The highest BCUT2D eigenvalue weighted by atomic mass is 35.5. The van der Waals surface area contributed by atoms with Gasteiger partial charge < -0.3 is 20.1 Å². The molecule has 22 heavy (non-hydrogen) atoms. The van der Waals surface area contributed by atoms with E-state index in [0.29, 0.717) is 10.7 Å². The topological polar surface area (TPSA) is 73.7 Å². The molecule has 0 aliphatic carbocycles. The van der Waals surface area contributed by atoms with Crippen molar-refractivity contribution in [3.63, 3.8) is 0 Å². The number of likely N-dealkylation sites (tertiary alicyclic amines) is 1. The number of amides is 1. The summed E-state index contributed by atoms with van der Waals surface area (Å²) in [6, 6.07) is 6.16. The van der Waals surface area contributed by atoms with Crippen LogP contribution in [0.15, 0.2) is 24.3 Å². The average Bonchev–Trinajstić information content (AvgIpc) is 2.76. The van der Waals surface area contributed by atoms with Crippen LogP contribution in [0, 0.1) is 0 Å². The molecule has 6 heteroatoms. The van der Waals surface area contributed by atoms with Crippen molar-refractivity contribution in [2.75, 3.05) is 18.4 Å². The lowest BCUT2D eigenvalue weighted by Crippen LogP contribution is -3.17. The second kappa shape index (κ2) is 8.15. The third-order valence-electron chi connectivity index (χ3n) is 4.04. The van der Waals surface area contributed by atoms with Crippen LogP contribution in [0.4, 0.5) is 5.69 Å². The highest BCUT2D eigenvalue weighted by Crippen LogP contribution is 2.13. The lowest BCUT2D eigenvalue weighted by atomic mass is 10.1. The molecule has 0 bridgehead atoms. The molecule has 1 atom stereocenters. The Morgan fingerprint density at radius 2 is 1.73 bits per heavy atom. The molecule has 0 radical (unpaired) electrons. The van der Waals surface area contributed by atoms with E-state index in [2.05, 4.69) is 5.32 Å². The van der Waals surface area contributed by atoms with Gasteiger partial charge in [-0.1, -0.05) is 11.6 Å². The zero-order valence-electron chi connectivity index (χ0n) is 12.4. The Kier molecular flexibility index (Phi) is 6.21. The number of carboxylic acid groups (broad SMARTS) is 1. The van der Waals surface area contributed by atoms with Gasteiger partial charge in [-0.05, 0) is 49.9 Å². The molecule has 2 rings (SSSR count). The third-order valence-corrected chi connectivity index (χ3v) is 4.29. The van der Waals surface area contributed by atoms with Crippen molar-refractivity contribution in [1.29, 1.82) is 0 Å². The molecule has 1 aromatic carbocycles. The molecule has 1 saturated heterocycles. The first-order valence-corrected chi connectivity index (χ1v) is 8.05. The molecule has 1 aliphatic rings. The number of anilines is 1. The maximum absolute atomic E-state index is 12.5. The lowest BCUT2D eigenvalue weighted by molar-refractivity contribution is -0.914. The Bertz CT molecular complexity index is 511. The molecule has 120 valence electrons. The van der Waals surface area contributed by atoms with Gasteiger partial charge in [0.15, 0.2) is 6.04 Å². The Balaban J connectivity index is 2.07. The number of hydrogen-bond acceptors (Lipinski definition) is 3. The molecular formula is C16H21ClN2O3. The van der Waals surface area contributed by atoms with Crippen molar-refractivity contribution in [2.24, 2.45) is 0 Å². The molecule has 1 heterocycles. The Hall–Kier alpha value is -1.59. The number of aliphatic carboxylic acids is 1. The van der Waals surface area contributed by atoms with E-state index in [1.807, 2.05) is 0 Å². The van der Waals surface area contributed by atoms with Crippen LogP contribution in [0.25, 0.3) is 0 Å². The predicted octanol–water partition coefficient (Wildman–Crippen LogP) is 0.246. The fourth-order valence-electron chi connectivity index (χ4n) is 2.88. The molecule has 5 nitrogen and oxygen atoms in total. The quantitative estimate of drug-likeness (QED) is 0.815. The van der Waals surface area contributed by atoms with Gasteiger partial charge in [-0.25, -0.2) is 0 Å². The summed E-state index contributed by atoms with van der Waals surface area (Å²) in [4.78, 5) is 24.5. The first-order valence-electron chi connectivity index (χ1n) is 7.67. The van der Waals surface area contributed by atoms with E-state index in [1.54, 1.807) is 24.3 Å². The van der Waals surface area contributed by atoms with Crippen LogP contribution < -0.4 is 15.3 Å². The minimum Gasteiger partial charge on any atom is -0.550 e. The van der Waals surface area contributed by atoms with Crippen molar-refractivity contribution in [3.05, 3.63) is 29.3 Å². The lowest BCUT2D eigenvalue weighted by Gasteiger charge is -2.27. The van der Waals surface area contributed by atoms with E-state index in [4.69, 9.17) is 11.6 Å². The highest BCUT2D eigenvalue weighted by molar-refractivity contribution is 6.30. The molecule has 1 fully saturated rings. The number of halogens is 1. The molecule has 0 spiro atoms. The van der Waals surface area contributed by atoms with Gasteiger partial charge in [-0.2, -0.15) is 0 Å². The minimum absolute atomic E-state index is 0.255. The van der Waals surface area contributed by atoms with Gasteiger partial charge in [0, 0.05) is 23.1 Å². The molecule has 2 N–H and O–H groups in total. The fraction of sp³-hybridized carbons (Fsp3) is 0.500. The monoisotopic (exact) mass is 324 g/mol. The Morgan fingerprint density at radius 1 is 1.14 bits per heavy atom. The fourth-order valence-corrected chi connectivity index (χ4v) is 3.01. The van der Waals surface area contributed by atoms with E-state index in [1.165, 1.54) is 0 Å². The first kappa shape index (κ1) is 16.8. The molecular weight excluding hydrogens is 304 g/mol. The summed E-state index contributed by atoms with van der Waals surface area (Å²) in [6.45, 7) is 1.65. The summed E-state index contributed by atoms with van der Waals surface area (Å²) < 4.78 is 0. The van der Waals surface area contributed by atoms with Crippen LogP contribution in [-0.4, -0.2) is 31.0 Å². The normalized spacial score (nSPS) is 17.5. The largest absolute Gasteiger partial charge is 0.550 e. The minimum atomic E-state index is -1.19. The van der Waals surface area contributed by atoms with Gasteiger partial charge in [0.25, 0.3) is 5.91 Å². The van der Waals surface area contributed by atoms with Crippen LogP contribution in [-0.2, 0) is 9.59 Å².